The van der Waals surface area contributed by atoms with Crippen LogP contribution in [0.3, 0.4) is 0 Å². The minimum absolute atomic E-state index is 0.591. The second kappa shape index (κ2) is 3.41. The van der Waals surface area contributed by atoms with Crippen molar-refractivity contribution in [2.24, 2.45) is 12.8 Å². The molecule has 0 bridgehead atoms. The Morgan fingerprint density at radius 3 is 2.79 bits per heavy atom. The van der Waals surface area contributed by atoms with E-state index in [4.69, 9.17) is 5.73 Å². The number of aryl methyl sites for hydroxylation is 2. The minimum Gasteiger partial charge on any atom is -0.349 e. The van der Waals surface area contributed by atoms with Gasteiger partial charge in [-0.15, -0.1) is 0 Å². The Morgan fingerprint density at radius 1 is 1.43 bits per heavy atom. The van der Waals surface area contributed by atoms with Crippen molar-refractivity contribution in [3.8, 4) is 0 Å². The fourth-order valence-corrected chi connectivity index (χ4v) is 2.72. The summed E-state index contributed by atoms with van der Waals surface area (Å²) in [6, 6.07) is 4.31. The lowest BCUT2D eigenvalue weighted by atomic mass is 10.1. The van der Waals surface area contributed by atoms with Crippen molar-refractivity contribution in [3.05, 3.63) is 33.9 Å². The number of hydrogen-bond donors (Lipinski definition) is 1. The monoisotopic (exact) mass is 252 g/mol. The van der Waals surface area contributed by atoms with E-state index in [0.29, 0.717) is 6.54 Å². The van der Waals surface area contributed by atoms with Crippen LogP contribution in [-0.2, 0) is 13.6 Å². The maximum absolute atomic E-state index is 5.70. The van der Waals surface area contributed by atoms with E-state index < -0.39 is 0 Å². The number of halogens is 1. The van der Waals surface area contributed by atoms with Crippen LogP contribution in [0.4, 0.5) is 0 Å². The largest absolute Gasteiger partial charge is 0.349 e. The highest BCUT2D eigenvalue weighted by Crippen LogP contribution is 2.29. The molecule has 1 aromatic heterocycles. The van der Waals surface area contributed by atoms with E-state index >= 15 is 0 Å². The van der Waals surface area contributed by atoms with E-state index in [1.54, 1.807) is 0 Å². The molecular formula is C11H13BrN2. The zero-order valence-corrected chi connectivity index (χ0v) is 9.93. The Labute approximate surface area is 91.8 Å². The summed E-state index contributed by atoms with van der Waals surface area (Å²) in [5.41, 5.74) is 9.38. The van der Waals surface area contributed by atoms with Crippen LogP contribution in [0.15, 0.2) is 22.8 Å². The van der Waals surface area contributed by atoms with Gasteiger partial charge in [0.1, 0.15) is 0 Å². The lowest BCUT2D eigenvalue weighted by molar-refractivity contribution is 0.947. The molecule has 0 aliphatic carbocycles. The normalized spacial score (nSPS) is 11.1. The van der Waals surface area contributed by atoms with Gasteiger partial charge in [0.05, 0.1) is 5.52 Å². The molecule has 2 aromatic rings. The number of hydrogen-bond acceptors (Lipinski definition) is 1. The number of rotatable bonds is 1. The topological polar surface area (TPSA) is 30.9 Å². The molecule has 0 fully saturated rings. The van der Waals surface area contributed by atoms with E-state index in [-0.39, 0.29) is 0 Å². The molecule has 2 rings (SSSR count). The molecule has 2 nitrogen and oxygen atoms in total. The summed E-state index contributed by atoms with van der Waals surface area (Å²) in [6.07, 6.45) is 2.09. The van der Waals surface area contributed by atoms with Crippen LogP contribution in [0.5, 0.6) is 0 Å². The fourth-order valence-electron chi connectivity index (χ4n) is 1.87. The molecule has 1 heterocycles. The molecule has 1 aromatic carbocycles. The SMILES string of the molecule is Cc1cc(Br)c2c(c1)c(CN)cn2C. The third-order valence-corrected chi connectivity index (χ3v) is 3.08. The van der Waals surface area contributed by atoms with Crippen molar-refractivity contribution < 1.29 is 0 Å². The van der Waals surface area contributed by atoms with Crippen LogP contribution in [0, 0.1) is 6.92 Å². The van der Waals surface area contributed by atoms with Gasteiger partial charge in [0, 0.05) is 29.6 Å². The molecule has 0 aliphatic rings. The van der Waals surface area contributed by atoms with Crippen LogP contribution in [0.25, 0.3) is 10.9 Å². The summed E-state index contributed by atoms with van der Waals surface area (Å²) in [5, 5.41) is 1.25. The highest BCUT2D eigenvalue weighted by Gasteiger charge is 2.08. The molecule has 0 saturated heterocycles. The number of fused-ring (bicyclic) bond motifs is 1. The summed E-state index contributed by atoms with van der Waals surface area (Å²) in [6.45, 7) is 2.69. The molecule has 14 heavy (non-hydrogen) atoms. The van der Waals surface area contributed by atoms with E-state index in [1.165, 1.54) is 22.0 Å². The van der Waals surface area contributed by atoms with Gasteiger partial charge in [-0.2, -0.15) is 0 Å². The zero-order chi connectivity index (χ0) is 10.3. The summed E-state index contributed by atoms with van der Waals surface area (Å²) >= 11 is 3.58. The van der Waals surface area contributed by atoms with Crippen LogP contribution >= 0.6 is 15.9 Å². The molecule has 0 amide bonds. The first-order valence-corrected chi connectivity index (χ1v) is 5.37. The molecule has 0 aliphatic heterocycles. The van der Waals surface area contributed by atoms with Gasteiger partial charge in [0.2, 0.25) is 0 Å². The van der Waals surface area contributed by atoms with Crippen molar-refractivity contribution in [3.63, 3.8) is 0 Å². The van der Waals surface area contributed by atoms with Gasteiger partial charge >= 0.3 is 0 Å². The van der Waals surface area contributed by atoms with Crippen LogP contribution in [0.2, 0.25) is 0 Å². The Balaban J connectivity index is 2.89. The summed E-state index contributed by atoms with van der Waals surface area (Å²) in [7, 11) is 2.04. The molecule has 0 atom stereocenters. The van der Waals surface area contributed by atoms with Gasteiger partial charge in [-0.3, -0.25) is 0 Å². The molecular weight excluding hydrogens is 240 g/mol. The first-order chi connectivity index (χ1) is 6.63. The van der Waals surface area contributed by atoms with E-state index in [2.05, 4.69) is 45.8 Å². The number of nitrogens with zero attached hydrogens (tertiary/aromatic N) is 1. The number of nitrogens with two attached hydrogens (primary N) is 1. The number of benzene rings is 1. The van der Waals surface area contributed by atoms with Crippen LogP contribution < -0.4 is 5.73 Å². The van der Waals surface area contributed by atoms with E-state index in [1.807, 2.05) is 7.05 Å². The average Bonchev–Trinajstić information content (AvgIpc) is 2.42. The quantitative estimate of drug-likeness (QED) is 0.832. The average molecular weight is 253 g/mol. The van der Waals surface area contributed by atoms with E-state index in [0.717, 1.165) is 4.47 Å². The predicted octanol–water partition coefficient (Wildman–Crippen LogP) is 2.71. The maximum atomic E-state index is 5.70. The molecule has 0 unspecified atom stereocenters. The van der Waals surface area contributed by atoms with Crippen molar-refractivity contribution in [1.82, 2.24) is 4.57 Å². The minimum atomic E-state index is 0.591. The van der Waals surface area contributed by atoms with Crippen LogP contribution in [-0.4, -0.2) is 4.57 Å². The summed E-state index contributed by atoms with van der Waals surface area (Å²) in [4.78, 5) is 0. The first-order valence-electron chi connectivity index (χ1n) is 4.57. The molecule has 3 heteroatoms. The van der Waals surface area contributed by atoms with Gasteiger partial charge in [0.15, 0.2) is 0 Å². The number of aromatic nitrogens is 1. The fraction of sp³-hybridized carbons (Fsp3) is 0.273. The highest BCUT2D eigenvalue weighted by molar-refractivity contribution is 9.10. The highest BCUT2D eigenvalue weighted by atomic mass is 79.9. The third kappa shape index (κ3) is 1.37. The molecule has 0 radical (unpaired) electrons. The molecule has 0 saturated carbocycles. The zero-order valence-electron chi connectivity index (χ0n) is 8.34. The van der Waals surface area contributed by atoms with Crippen molar-refractivity contribution in [2.75, 3.05) is 0 Å². The van der Waals surface area contributed by atoms with Gasteiger partial charge in [-0.05, 0) is 46.1 Å². The summed E-state index contributed by atoms with van der Waals surface area (Å²) in [5.74, 6) is 0. The Kier molecular flexibility index (Phi) is 2.37. The first kappa shape index (κ1) is 9.74. The molecule has 2 N–H and O–H groups in total. The second-order valence-electron chi connectivity index (χ2n) is 3.61. The third-order valence-electron chi connectivity index (χ3n) is 2.48. The molecule has 74 valence electrons. The lowest BCUT2D eigenvalue weighted by Crippen LogP contribution is -1.94. The van der Waals surface area contributed by atoms with Gasteiger partial charge in [0.25, 0.3) is 0 Å². The van der Waals surface area contributed by atoms with Crippen molar-refractivity contribution in [2.45, 2.75) is 13.5 Å². The van der Waals surface area contributed by atoms with Gasteiger partial charge in [-0.1, -0.05) is 0 Å². The van der Waals surface area contributed by atoms with E-state index in [9.17, 15) is 0 Å². The summed E-state index contributed by atoms with van der Waals surface area (Å²) < 4.78 is 3.25. The Morgan fingerprint density at radius 2 is 2.14 bits per heavy atom. The van der Waals surface area contributed by atoms with Gasteiger partial charge < -0.3 is 10.3 Å². The standard InChI is InChI=1S/C11H13BrN2/c1-7-3-9-8(5-13)6-14(2)11(9)10(12)4-7/h3-4,6H,5,13H2,1-2H3. The van der Waals surface area contributed by atoms with Crippen molar-refractivity contribution >= 4 is 26.8 Å². The maximum Gasteiger partial charge on any atom is 0.0625 e. The lowest BCUT2D eigenvalue weighted by Gasteiger charge is -2.01. The van der Waals surface area contributed by atoms with Crippen molar-refractivity contribution in [1.29, 1.82) is 0 Å². The second-order valence-corrected chi connectivity index (χ2v) is 4.47. The Hall–Kier alpha value is -0.800. The van der Waals surface area contributed by atoms with Gasteiger partial charge in [-0.25, -0.2) is 0 Å². The Bertz CT molecular complexity index is 485. The smallest absolute Gasteiger partial charge is 0.0625 e. The van der Waals surface area contributed by atoms with Crippen LogP contribution in [0.1, 0.15) is 11.1 Å². The predicted molar refractivity (Wildman–Crippen MR) is 63.2 cm³/mol. The molecule has 0 spiro atoms.